The van der Waals surface area contributed by atoms with Crippen LogP contribution in [0.2, 0.25) is 0 Å². The number of rotatable bonds is 6. The summed E-state index contributed by atoms with van der Waals surface area (Å²) in [7, 11) is 0. The molecule has 0 heterocycles. The molecule has 152 valence electrons. The molecule has 2 N–H and O–H groups in total. The number of carbonyl (C=O) groups excluding carboxylic acids is 2. The Balaban J connectivity index is 2.85. The summed E-state index contributed by atoms with van der Waals surface area (Å²) >= 11 is 0. The maximum Gasteiger partial charge on any atom is 0.416 e. The van der Waals surface area contributed by atoms with Crippen LogP contribution < -0.4 is 10.6 Å². The Bertz CT molecular complexity index is 654. The molecule has 0 aliphatic heterocycles. The Morgan fingerprint density at radius 3 is 2.30 bits per heavy atom. The third-order valence-electron chi connectivity index (χ3n) is 3.64. The number of hydrogen-bond acceptors (Lipinski definition) is 3. The van der Waals surface area contributed by atoms with Crippen molar-refractivity contribution in [2.75, 3.05) is 0 Å². The van der Waals surface area contributed by atoms with E-state index < -0.39 is 41.4 Å². The van der Waals surface area contributed by atoms with E-state index in [1.165, 1.54) is 13.0 Å². The van der Waals surface area contributed by atoms with Crippen molar-refractivity contribution >= 4 is 12.0 Å². The Kier molecular flexibility index (Phi) is 7.68. The van der Waals surface area contributed by atoms with Gasteiger partial charge in [-0.3, -0.25) is 4.79 Å². The molecule has 0 spiro atoms. The summed E-state index contributed by atoms with van der Waals surface area (Å²) < 4.78 is 43.9. The summed E-state index contributed by atoms with van der Waals surface area (Å²) in [5.41, 5.74) is -1.11. The fraction of sp³-hybridized carbons (Fsp3) is 0.579. The minimum atomic E-state index is -4.46. The van der Waals surface area contributed by atoms with Gasteiger partial charge in [0.05, 0.1) is 11.6 Å². The van der Waals surface area contributed by atoms with Crippen LogP contribution in [0, 0.1) is 0 Å². The number of amides is 2. The van der Waals surface area contributed by atoms with Crippen molar-refractivity contribution < 1.29 is 27.5 Å². The van der Waals surface area contributed by atoms with Crippen LogP contribution in [-0.4, -0.2) is 23.6 Å². The van der Waals surface area contributed by atoms with Crippen molar-refractivity contribution in [3.8, 4) is 0 Å². The molecule has 1 aromatic rings. The van der Waals surface area contributed by atoms with Gasteiger partial charge in [0.15, 0.2) is 0 Å². The Hall–Kier alpha value is -2.25. The van der Waals surface area contributed by atoms with E-state index in [1.54, 1.807) is 26.8 Å². The average molecular weight is 388 g/mol. The second kappa shape index (κ2) is 9.10. The summed E-state index contributed by atoms with van der Waals surface area (Å²) in [6, 6.07) is 3.39. The van der Waals surface area contributed by atoms with Gasteiger partial charge in [-0.2, -0.15) is 13.2 Å². The number of hydrogen-bond donors (Lipinski definition) is 2. The highest BCUT2D eigenvalue weighted by molar-refractivity contribution is 5.85. The first-order chi connectivity index (χ1) is 12.3. The molecule has 0 saturated heterocycles. The smallest absolute Gasteiger partial charge is 0.416 e. The van der Waals surface area contributed by atoms with Crippen molar-refractivity contribution in [1.82, 2.24) is 10.6 Å². The summed E-state index contributed by atoms with van der Waals surface area (Å²) in [6.45, 7) is 8.44. The number of nitrogens with one attached hydrogen (secondary N) is 2. The lowest BCUT2D eigenvalue weighted by Gasteiger charge is -2.24. The first-order valence-electron chi connectivity index (χ1n) is 8.80. The van der Waals surface area contributed by atoms with E-state index in [-0.39, 0.29) is 0 Å². The highest BCUT2D eigenvalue weighted by Crippen LogP contribution is 2.31. The second-order valence-corrected chi connectivity index (χ2v) is 7.34. The molecule has 1 aromatic carbocycles. The van der Waals surface area contributed by atoms with Crippen LogP contribution in [0.25, 0.3) is 0 Å². The SMILES string of the molecule is CCC[C@H](NC(=O)[C@@H](C)NC(=O)OC(C)(C)C)c1cccc(C(F)(F)F)c1. The largest absolute Gasteiger partial charge is 0.444 e. The van der Waals surface area contributed by atoms with Crippen molar-refractivity contribution in [2.24, 2.45) is 0 Å². The summed E-state index contributed by atoms with van der Waals surface area (Å²) in [4.78, 5) is 24.2. The van der Waals surface area contributed by atoms with Crippen LogP contribution >= 0.6 is 0 Å². The molecule has 5 nitrogen and oxygen atoms in total. The molecule has 27 heavy (non-hydrogen) atoms. The van der Waals surface area contributed by atoms with Crippen molar-refractivity contribution in [2.45, 2.75) is 71.3 Å². The van der Waals surface area contributed by atoms with Crippen LogP contribution in [0.3, 0.4) is 0 Å². The molecule has 1 rings (SSSR count). The van der Waals surface area contributed by atoms with Gasteiger partial charge in [-0.05, 0) is 51.8 Å². The van der Waals surface area contributed by atoms with Gasteiger partial charge in [-0.25, -0.2) is 4.79 Å². The lowest BCUT2D eigenvalue weighted by molar-refractivity contribution is -0.137. The molecule has 0 aliphatic rings. The van der Waals surface area contributed by atoms with Crippen molar-refractivity contribution in [3.05, 3.63) is 35.4 Å². The van der Waals surface area contributed by atoms with E-state index >= 15 is 0 Å². The van der Waals surface area contributed by atoms with Crippen LogP contribution in [0.5, 0.6) is 0 Å². The number of alkyl carbamates (subject to hydrolysis) is 1. The molecule has 0 aromatic heterocycles. The lowest BCUT2D eigenvalue weighted by atomic mass is 9.99. The minimum absolute atomic E-state index is 0.365. The van der Waals surface area contributed by atoms with Crippen LogP contribution in [0.1, 0.15) is 64.6 Å². The molecule has 0 unspecified atom stereocenters. The minimum Gasteiger partial charge on any atom is -0.444 e. The van der Waals surface area contributed by atoms with Gasteiger partial charge in [-0.1, -0.05) is 25.5 Å². The first kappa shape index (κ1) is 22.8. The predicted molar refractivity (Wildman–Crippen MR) is 96.1 cm³/mol. The second-order valence-electron chi connectivity index (χ2n) is 7.34. The molecule has 8 heteroatoms. The molecule has 0 saturated carbocycles. The Labute approximate surface area is 157 Å². The summed E-state index contributed by atoms with van der Waals surface area (Å²) in [5, 5.41) is 5.12. The number of alkyl halides is 3. The van der Waals surface area contributed by atoms with Crippen molar-refractivity contribution in [1.29, 1.82) is 0 Å². The van der Waals surface area contributed by atoms with Gasteiger partial charge in [-0.15, -0.1) is 0 Å². The Morgan fingerprint density at radius 1 is 1.15 bits per heavy atom. The Morgan fingerprint density at radius 2 is 1.78 bits per heavy atom. The fourth-order valence-electron chi connectivity index (χ4n) is 2.39. The van der Waals surface area contributed by atoms with Crippen LogP contribution in [0.15, 0.2) is 24.3 Å². The van der Waals surface area contributed by atoms with E-state index in [9.17, 15) is 22.8 Å². The van der Waals surface area contributed by atoms with Gasteiger partial charge in [0.2, 0.25) is 5.91 Å². The van der Waals surface area contributed by atoms with Crippen LogP contribution in [-0.2, 0) is 15.7 Å². The number of benzene rings is 1. The predicted octanol–water partition coefficient (Wildman–Crippen LogP) is 4.58. The highest BCUT2D eigenvalue weighted by atomic mass is 19.4. The molecule has 2 amide bonds. The summed E-state index contributed by atoms with van der Waals surface area (Å²) in [6.07, 6.45) is -4.07. The standard InChI is InChI=1S/C19H27F3N2O3/c1-6-8-15(13-9-7-10-14(11-13)19(20,21)22)24-16(25)12(2)23-17(26)27-18(3,4)5/h7,9-12,15H,6,8H2,1-5H3,(H,23,26)(H,24,25)/t12-,15+/m1/s1. The quantitative estimate of drug-likeness (QED) is 0.750. The normalized spacial score (nSPS) is 14.2. The van der Waals surface area contributed by atoms with Crippen molar-refractivity contribution in [3.63, 3.8) is 0 Å². The molecule has 0 aliphatic carbocycles. The highest BCUT2D eigenvalue weighted by Gasteiger charge is 2.31. The van der Waals surface area contributed by atoms with Gasteiger partial charge in [0, 0.05) is 0 Å². The zero-order valence-electron chi connectivity index (χ0n) is 16.2. The molecule has 0 fully saturated rings. The zero-order chi connectivity index (χ0) is 20.8. The van der Waals surface area contributed by atoms with E-state index in [4.69, 9.17) is 4.74 Å². The molecule has 0 bridgehead atoms. The van der Waals surface area contributed by atoms with Gasteiger partial charge >= 0.3 is 12.3 Å². The summed E-state index contributed by atoms with van der Waals surface area (Å²) in [5.74, 6) is -0.503. The van der Waals surface area contributed by atoms with E-state index in [0.29, 0.717) is 18.4 Å². The molecule has 2 atom stereocenters. The number of ether oxygens (including phenoxy) is 1. The fourth-order valence-corrected chi connectivity index (χ4v) is 2.39. The third kappa shape index (κ3) is 7.88. The van der Waals surface area contributed by atoms with E-state index in [0.717, 1.165) is 12.1 Å². The number of halogens is 3. The lowest BCUT2D eigenvalue weighted by Crippen LogP contribution is -2.47. The third-order valence-corrected chi connectivity index (χ3v) is 3.64. The van der Waals surface area contributed by atoms with E-state index in [2.05, 4.69) is 10.6 Å². The average Bonchev–Trinajstić information content (AvgIpc) is 2.51. The van der Waals surface area contributed by atoms with Gasteiger partial charge in [0.1, 0.15) is 11.6 Å². The molecular weight excluding hydrogens is 361 g/mol. The zero-order valence-corrected chi connectivity index (χ0v) is 16.2. The molecular formula is C19H27F3N2O3. The van der Waals surface area contributed by atoms with Gasteiger partial charge in [0.25, 0.3) is 0 Å². The maximum atomic E-state index is 12.9. The monoisotopic (exact) mass is 388 g/mol. The van der Waals surface area contributed by atoms with Gasteiger partial charge < -0.3 is 15.4 Å². The first-order valence-corrected chi connectivity index (χ1v) is 8.80. The maximum absolute atomic E-state index is 12.9. The van der Waals surface area contributed by atoms with Crippen LogP contribution in [0.4, 0.5) is 18.0 Å². The number of carbonyl (C=O) groups is 2. The van der Waals surface area contributed by atoms with E-state index in [1.807, 2.05) is 6.92 Å². The molecule has 0 radical (unpaired) electrons. The topological polar surface area (TPSA) is 67.4 Å².